The van der Waals surface area contributed by atoms with Gasteiger partial charge in [0.15, 0.2) is 0 Å². The van der Waals surface area contributed by atoms with Crippen LogP contribution in [0, 0.1) is 13.8 Å². The number of rotatable bonds is 3. The monoisotopic (exact) mass is 303 g/mol. The second-order valence-electron chi connectivity index (χ2n) is 5.86. The fourth-order valence-electron chi connectivity index (χ4n) is 3.02. The van der Waals surface area contributed by atoms with Gasteiger partial charge in [0.1, 0.15) is 5.82 Å². The fraction of sp³-hybridized carbons (Fsp3) is 0.500. The molecule has 1 aliphatic heterocycles. The third-order valence-corrected chi connectivity index (χ3v) is 5.15. The van der Waals surface area contributed by atoms with Crippen LogP contribution in [0.3, 0.4) is 0 Å². The van der Waals surface area contributed by atoms with Crippen molar-refractivity contribution >= 4 is 11.3 Å². The summed E-state index contributed by atoms with van der Waals surface area (Å²) >= 11 is 1.83. The second kappa shape index (κ2) is 6.12. The quantitative estimate of drug-likeness (QED) is 0.948. The standard InChI is InChI=1S/C16H21N3OS/c1-11-5-7-21-15(11)10-19-6-3-4-13(9-19)14-8-16(20)18-12(2)17-14/h5,7-8,13H,3-4,6,9-10H2,1-2H3,(H,17,18,20)/t13-/m1/s1. The summed E-state index contributed by atoms with van der Waals surface area (Å²) in [5.74, 6) is 1.09. The molecule has 0 amide bonds. The highest BCUT2D eigenvalue weighted by Gasteiger charge is 2.23. The number of H-pyrrole nitrogens is 1. The van der Waals surface area contributed by atoms with Gasteiger partial charge in [0.05, 0.1) is 5.69 Å². The lowest BCUT2D eigenvalue weighted by atomic mass is 9.94. The molecule has 2 aromatic rings. The Morgan fingerprint density at radius 1 is 1.48 bits per heavy atom. The molecule has 21 heavy (non-hydrogen) atoms. The van der Waals surface area contributed by atoms with E-state index in [1.54, 1.807) is 6.07 Å². The fourth-order valence-corrected chi connectivity index (χ4v) is 3.97. The number of aryl methyl sites for hydroxylation is 2. The number of nitrogens with zero attached hydrogens (tertiary/aromatic N) is 2. The van der Waals surface area contributed by atoms with E-state index in [2.05, 4.69) is 33.2 Å². The molecule has 0 spiro atoms. The molecule has 4 nitrogen and oxygen atoms in total. The predicted molar refractivity (Wildman–Crippen MR) is 85.9 cm³/mol. The third kappa shape index (κ3) is 3.41. The predicted octanol–water partition coefficient (Wildman–Crippen LogP) is 2.83. The molecule has 5 heteroatoms. The average Bonchev–Trinajstić information content (AvgIpc) is 2.84. The zero-order chi connectivity index (χ0) is 14.8. The molecule has 0 aromatic carbocycles. The summed E-state index contributed by atoms with van der Waals surface area (Å²) in [6, 6.07) is 3.85. The number of thiophene rings is 1. The Kier molecular flexibility index (Phi) is 4.22. The summed E-state index contributed by atoms with van der Waals surface area (Å²) in [7, 11) is 0. The molecule has 1 saturated heterocycles. The first-order valence-corrected chi connectivity index (χ1v) is 8.33. The molecule has 1 aliphatic rings. The first kappa shape index (κ1) is 14.5. The third-order valence-electron chi connectivity index (χ3n) is 4.14. The van der Waals surface area contributed by atoms with Crippen molar-refractivity contribution in [1.29, 1.82) is 0 Å². The van der Waals surface area contributed by atoms with Gasteiger partial charge in [-0.3, -0.25) is 9.69 Å². The number of aromatic amines is 1. The normalized spacial score (nSPS) is 19.8. The maximum atomic E-state index is 11.6. The molecule has 1 fully saturated rings. The highest BCUT2D eigenvalue weighted by Crippen LogP contribution is 2.27. The summed E-state index contributed by atoms with van der Waals surface area (Å²) in [6.07, 6.45) is 2.29. The first-order valence-electron chi connectivity index (χ1n) is 7.45. The van der Waals surface area contributed by atoms with Gasteiger partial charge in [0.25, 0.3) is 5.56 Å². The van der Waals surface area contributed by atoms with Gasteiger partial charge in [-0.25, -0.2) is 4.98 Å². The Labute approximate surface area is 128 Å². The van der Waals surface area contributed by atoms with Crippen LogP contribution in [-0.2, 0) is 6.54 Å². The van der Waals surface area contributed by atoms with Gasteiger partial charge in [-0.2, -0.15) is 0 Å². The largest absolute Gasteiger partial charge is 0.311 e. The zero-order valence-corrected chi connectivity index (χ0v) is 13.4. The zero-order valence-electron chi connectivity index (χ0n) is 12.6. The Morgan fingerprint density at radius 3 is 3.05 bits per heavy atom. The van der Waals surface area contributed by atoms with Crippen molar-refractivity contribution < 1.29 is 0 Å². The lowest BCUT2D eigenvalue weighted by Gasteiger charge is -2.32. The molecule has 112 valence electrons. The van der Waals surface area contributed by atoms with Crippen LogP contribution in [-0.4, -0.2) is 28.0 Å². The molecule has 1 atom stereocenters. The number of nitrogens with one attached hydrogen (secondary N) is 1. The van der Waals surface area contributed by atoms with Crippen molar-refractivity contribution in [3.8, 4) is 0 Å². The van der Waals surface area contributed by atoms with Gasteiger partial charge in [0.2, 0.25) is 0 Å². The van der Waals surface area contributed by atoms with E-state index in [4.69, 9.17) is 0 Å². The highest BCUT2D eigenvalue weighted by molar-refractivity contribution is 7.10. The van der Waals surface area contributed by atoms with Crippen molar-refractivity contribution in [2.45, 2.75) is 39.2 Å². The number of hydrogen-bond donors (Lipinski definition) is 1. The van der Waals surface area contributed by atoms with E-state index in [0.29, 0.717) is 11.7 Å². The van der Waals surface area contributed by atoms with E-state index in [-0.39, 0.29) is 5.56 Å². The van der Waals surface area contributed by atoms with E-state index in [1.165, 1.54) is 16.9 Å². The van der Waals surface area contributed by atoms with Crippen LogP contribution in [0.5, 0.6) is 0 Å². The smallest absolute Gasteiger partial charge is 0.251 e. The van der Waals surface area contributed by atoms with E-state index in [9.17, 15) is 4.79 Å². The maximum absolute atomic E-state index is 11.6. The van der Waals surface area contributed by atoms with Gasteiger partial charge in [0, 0.05) is 30.0 Å². The molecule has 3 heterocycles. The van der Waals surface area contributed by atoms with Gasteiger partial charge in [-0.05, 0) is 50.2 Å². The number of aromatic nitrogens is 2. The molecule has 1 N–H and O–H groups in total. The summed E-state index contributed by atoms with van der Waals surface area (Å²) in [5, 5.41) is 2.16. The Morgan fingerprint density at radius 2 is 2.33 bits per heavy atom. The lowest BCUT2D eigenvalue weighted by molar-refractivity contribution is 0.199. The average molecular weight is 303 g/mol. The highest BCUT2D eigenvalue weighted by atomic mass is 32.1. The molecule has 0 bridgehead atoms. The van der Waals surface area contributed by atoms with Crippen molar-refractivity contribution in [3.05, 3.63) is 49.8 Å². The maximum Gasteiger partial charge on any atom is 0.251 e. The number of hydrogen-bond acceptors (Lipinski definition) is 4. The van der Waals surface area contributed by atoms with Crippen LogP contribution < -0.4 is 5.56 Å². The second-order valence-corrected chi connectivity index (χ2v) is 6.86. The minimum absolute atomic E-state index is 0.0382. The topological polar surface area (TPSA) is 49.0 Å². The van der Waals surface area contributed by atoms with Crippen LogP contribution in [0.4, 0.5) is 0 Å². The van der Waals surface area contributed by atoms with E-state index in [1.807, 2.05) is 18.3 Å². The van der Waals surface area contributed by atoms with Crippen molar-refractivity contribution in [1.82, 2.24) is 14.9 Å². The number of piperidine rings is 1. The Bertz CT molecular complexity index is 676. The van der Waals surface area contributed by atoms with Gasteiger partial charge >= 0.3 is 0 Å². The van der Waals surface area contributed by atoms with Crippen LogP contribution in [0.2, 0.25) is 0 Å². The van der Waals surface area contributed by atoms with Crippen molar-refractivity contribution in [2.24, 2.45) is 0 Å². The minimum atomic E-state index is -0.0382. The molecule has 3 rings (SSSR count). The summed E-state index contributed by atoms with van der Waals surface area (Å²) in [6.45, 7) is 7.17. The lowest BCUT2D eigenvalue weighted by Crippen LogP contribution is -2.34. The van der Waals surface area contributed by atoms with E-state index >= 15 is 0 Å². The molecule has 0 aliphatic carbocycles. The van der Waals surface area contributed by atoms with E-state index < -0.39 is 0 Å². The van der Waals surface area contributed by atoms with Crippen molar-refractivity contribution in [3.63, 3.8) is 0 Å². The molecule has 0 radical (unpaired) electrons. The van der Waals surface area contributed by atoms with E-state index in [0.717, 1.165) is 31.7 Å². The van der Waals surface area contributed by atoms with Gasteiger partial charge < -0.3 is 4.98 Å². The molecular formula is C16H21N3OS. The summed E-state index contributed by atoms with van der Waals surface area (Å²) in [5.41, 5.74) is 2.29. The van der Waals surface area contributed by atoms with Crippen LogP contribution in [0.15, 0.2) is 22.3 Å². The molecule has 0 unspecified atom stereocenters. The molecule has 2 aromatic heterocycles. The SMILES string of the molecule is Cc1nc([C@@H]2CCCN(Cc3sccc3C)C2)cc(=O)[nH]1. The summed E-state index contributed by atoms with van der Waals surface area (Å²) < 4.78 is 0. The van der Waals surface area contributed by atoms with Crippen molar-refractivity contribution in [2.75, 3.05) is 13.1 Å². The van der Waals surface area contributed by atoms with Crippen LogP contribution in [0.25, 0.3) is 0 Å². The Balaban J connectivity index is 1.73. The minimum Gasteiger partial charge on any atom is -0.311 e. The summed E-state index contributed by atoms with van der Waals surface area (Å²) in [4.78, 5) is 22.8. The molecule has 0 saturated carbocycles. The number of likely N-dealkylation sites (tertiary alicyclic amines) is 1. The van der Waals surface area contributed by atoms with Gasteiger partial charge in [-0.1, -0.05) is 0 Å². The van der Waals surface area contributed by atoms with Crippen LogP contribution in [0.1, 0.15) is 40.7 Å². The van der Waals surface area contributed by atoms with Crippen LogP contribution >= 0.6 is 11.3 Å². The first-order chi connectivity index (χ1) is 10.1. The Hall–Kier alpha value is -1.46. The van der Waals surface area contributed by atoms with Gasteiger partial charge in [-0.15, -0.1) is 11.3 Å². The molecular weight excluding hydrogens is 282 g/mol.